The number of methoxy groups -OCH3 is 1. The van der Waals surface area contributed by atoms with Crippen LogP contribution in [-0.4, -0.2) is 44.3 Å². The van der Waals surface area contributed by atoms with Crippen LogP contribution in [0.1, 0.15) is 15.2 Å². The number of rotatable bonds is 6. The van der Waals surface area contributed by atoms with Crippen molar-refractivity contribution in [1.82, 2.24) is 4.90 Å². The van der Waals surface area contributed by atoms with Crippen LogP contribution in [0.3, 0.4) is 0 Å². The number of ether oxygens (including phenoxy) is 3. The molecule has 0 radical (unpaired) electrons. The van der Waals surface area contributed by atoms with Gasteiger partial charge in [0, 0.05) is 24.1 Å². The molecule has 5 nitrogen and oxygen atoms in total. The summed E-state index contributed by atoms with van der Waals surface area (Å²) in [6.07, 6.45) is 0. The van der Waals surface area contributed by atoms with E-state index in [-0.39, 0.29) is 5.91 Å². The fourth-order valence-electron chi connectivity index (χ4n) is 2.40. The van der Waals surface area contributed by atoms with Crippen LogP contribution in [-0.2, 0) is 11.3 Å². The molecule has 0 N–H and O–H groups in total. The number of fused-ring (bicyclic) bond motifs is 1. The van der Waals surface area contributed by atoms with Crippen molar-refractivity contribution < 1.29 is 19.0 Å². The molecule has 0 fully saturated rings. The van der Waals surface area contributed by atoms with Crippen molar-refractivity contribution in [3.8, 4) is 11.5 Å². The first-order chi connectivity index (χ1) is 11.3. The largest absolute Gasteiger partial charge is 0.486 e. The van der Waals surface area contributed by atoms with E-state index in [2.05, 4.69) is 0 Å². The smallest absolute Gasteiger partial charge is 0.254 e. The molecule has 2 heterocycles. The summed E-state index contributed by atoms with van der Waals surface area (Å²) < 4.78 is 16.2. The number of benzene rings is 1. The van der Waals surface area contributed by atoms with Gasteiger partial charge in [0.05, 0.1) is 13.2 Å². The van der Waals surface area contributed by atoms with Gasteiger partial charge in [-0.25, -0.2) is 0 Å². The van der Waals surface area contributed by atoms with Crippen LogP contribution in [0, 0.1) is 0 Å². The Hall–Kier alpha value is -2.05. The molecule has 2 aromatic rings. The first-order valence-corrected chi connectivity index (χ1v) is 8.36. The van der Waals surface area contributed by atoms with E-state index in [1.807, 2.05) is 17.5 Å². The van der Waals surface area contributed by atoms with Crippen molar-refractivity contribution in [3.63, 3.8) is 0 Å². The lowest BCUT2D eigenvalue weighted by Gasteiger charge is -2.23. The number of hydrogen-bond donors (Lipinski definition) is 0. The van der Waals surface area contributed by atoms with Crippen molar-refractivity contribution in [3.05, 3.63) is 46.2 Å². The Morgan fingerprint density at radius 1 is 1.26 bits per heavy atom. The Bertz CT molecular complexity index is 657. The van der Waals surface area contributed by atoms with Gasteiger partial charge in [0.15, 0.2) is 11.5 Å². The van der Waals surface area contributed by atoms with E-state index in [9.17, 15) is 4.79 Å². The van der Waals surface area contributed by atoms with Gasteiger partial charge in [0.1, 0.15) is 13.2 Å². The van der Waals surface area contributed by atoms with E-state index in [0.29, 0.717) is 50.0 Å². The molecule has 6 heteroatoms. The topological polar surface area (TPSA) is 48.0 Å². The van der Waals surface area contributed by atoms with E-state index in [4.69, 9.17) is 14.2 Å². The first-order valence-electron chi connectivity index (χ1n) is 7.48. The highest BCUT2D eigenvalue weighted by Crippen LogP contribution is 2.31. The van der Waals surface area contributed by atoms with Crippen LogP contribution in [0.4, 0.5) is 0 Å². The summed E-state index contributed by atoms with van der Waals surface area (Å²) in [5.74, 6) is 1.28. The molecule has 0 bridgehead atoms. The summed E-state index contributed by atoms with van der Waals surface area (Å²) in [4.78, 5) is 15.8. The third-order valence-corrected chi connectivity index (χ3v) is 4.43. The maximum Gasteiger partial charge on any atom is 0.254 e. The lowest BCUT2D eigenvalue weighted by Crippen LogP contribution is -2.33. The molecule has 1 aliphatic rings. The second kappa shape index (κ2) is 7.48. The number of carbonyl (C=O) groups is 1. The average molecular weight is 333 g/mol. The average Bonchev–Trinajstić information content (AvgIpc) is 3.10. The van der Waals surface area contributed by atoms with Gasteiger partial charge in [0.2, 0.25) is 0 Å². The van der Waals surface area contributed by atoms with Crippen molar-refractivity contribution in [1.29, 1.82) is 0 Å². The predicted octanol–water partition coefficient (Wildman–Crippen LogP) is 2.81. The lowest BCUT2D eigenvalue weighted by atomic mass is 10.1. The quantitative estimate of drug-likeness (QED) is 0.816. The third-order valence-electron chi connectivity index (χ3n) is 3.57. The van der Waals surface area contributed by atoms with Crippen LogP contribution >= 0.6 is 11.3 Å². The number of nitrogens with zero attached hydrogens (tertiary/aromatic N) is 1. The molecule has 0 aliphatic carbocycles. The predicted molar refractivity (Wildman–Crippen MR) is 88.4 cm³/mol. The molecule has 3 rings (SSSR count). The van der Waals surface area contributed by atoms with Gasteiger partial charge in [-0.05, 0) is 29.6 Å². The monoisotopic (exact) mass is 333 g/mol. The highest BCUT2D eigenvalue weighted by molar-refractivity contribution is 7.09. The van der Waals surface area contributed by atoms with Crippen molar-refractivity contribution in [2.45, 2.75) is 6.54 Å². The van der Waals surface area contributed by atoms with E-state index < -0.39 is 0 Å². The highest BCUT2D eigenvalue weighted by Gasteiger charge is 2.20. The van der Waals surface area contributed by atoms with Crippen molar-refractivity contribution in [2.75, 3.05) is 33.5 Å². The number of hydrogen-bond acceptors (Lipinski definition) is 5. The molecular formula is C17H19NO4S. The van der Waals surface area contributed by atoms with Gasteiger partial charge in [0.25, 0.3) is 5.91 Å². The minimum absolute atomic E-state index is 0.0348. The molecule has 122 valence electrons. The lowest BCUT2D eigenvalue weighted by molar-refractivity contribution is 0.0681. The Morgan fingerprint density at radius 2 is 2.09 bits per heavy atom. The molecular weight excluding hydrogens is 314 g/mol. The standard InChI is InChI=1S/C17H19NO4S/c1-20-7-6-18(12-14-3-2-10-23-14)17(19)13-4-5-15-16(11-13)22-9-8-21-15/h2-5,10-11H,6-9,12H2,1H3. The summed E-state index contributed by atoms with van der Waals surface area (Å²) in [7, 11) is 1.64. The van der Waals surface area contributed by atoms with E-state index >= 15 is 0 Å². The fourth-order valence-corrected chi connectivity index (χ4v) is 3.12. The number of carbonyl (C=O) groups excluding carboxylic acids is 1. The SMILES string of the molecule is COCCN(Cc1cccs1)C(=O)c1ccc2c(c1)OCCO2. The van der Waals surface area contributed by atoms with E-state index in [1.54, 1.807) is 41.5 Å². The second-order valence-corrected chi connectivity index (χ2v) is 6.19. The molecule has 0 saturated carbocycles. The number of thiophene rings is 1. The zero-order chi connectivity index (χ0) is 16.1. The first kappa shape index (κ1) is 15.8. The fraction of sp³-hybridized carbons (Fsp3) is 0.353. The summed E-state index contributed by atoms with van der Waals surface area (Å²) in [6.45, 7) is 2.67. The molecule has 0 atom stereocenters. The van der Waals surface area contributed by atoms with Crippen LogP contribution in [0.2, 0.25) is 0 Å². The van der Waals surface area contributed by atoms with Crippen LogP contribution in [0.15, 0.2) is 35.7 Å². The van der Waals surface area contributed by atoms with E-state index in [1.165, 1.54) is 0 Å². The normalized spacial score (nSPS) is 12.9. The van der Waals surface area contributed by atoms with Gasteiger partial charge in [-0.15, -0.1) is 11.3 Å². The van der Waals surface area contributed by atoms with Gasteiger partial charge in [-0.2, -0.15) is 0 Å². The minimum Gasteiger partial charge on any atom is -0.486 e. The highest BCUT2D eigenvalue weighted by atomic mass is 32.1. The summed E-state index contributed by atoms with van der Waals surface area (Å²) >= 11 is 1.64. The van der Waals surface area contributed by atoms with Gasteiger partial charge >= 0.3 is 0 Å². The molecule has 0 unspecified atom stereocenters. The third kappa shape index (κ3) is 3.83. The summed E-state index contributed by atoms with van der Waals surface area (Å²) in [6, 6.07) is 9.35. The zero-order valence-corrected chi connectivity index (χ0v) is 13.8. The molecule has 1 aromatic carbocycles. The van der Waals surface area contributed by atoms with Crippen LogP contribution in [0.5, 0.6) is 11.5 Å². The molecule has 1 amide bonds. The Labute approximate surface area is 139 Å². The summed E-state index contributed by atoms with van der Waals surface area (Å²) in [5, 5.41) is 2.01. The minimum atomic E-state index is -0.0348. The summed E-state index contributed by atoms with van der Waals surface area (Å²) in [5.41, 5.74) is 0.599. The van der Waals surface area contributed by atoms with E-state index in [0.717, 1.165) is 4.88 Å². The molecule has 0 saturated heterocycles. The van der Waals surface area contributed by atoms with Crippen molar-refractivity contribution >= 4 is 17.2 Å². The Morgan fingerprint density at radius 3 is 2.83 bits per heavy atom. The van der Waals surface area contributed by atoms with Crippen molar-refractivity contribution in [2.24, 2.45) is 0 Å². The molecule has 1 aromatic heterocycles. The van der Waals surface area contributed by atoms with Gasteiger partial charge < -0.3 is 19.1 Å². The zero-order valence-electron chi connectivity index (χ0n) is 13.0. The maximum atomic E-state index is 12.8. The Balaban J connectivity index is 1.79. The molecule has 23 heavy (non-hydrogen) atoms. The number of amides is 1. The second-order valence-electron chi connectivity index (χ2n) is 5.16. The van der Waals surface area contributed by atoms with Gasteiger partial charge in [-0.1, -0.05) is 6.07 Å². The van der Waals surface area contributed by atoms with Crippen LogP contribution < -0.4 is 9.47 Å². The Kier molecular flexibility index (Phi) is 5.15. The van der Waals surface area contributed by atoms with Gasteiger partial charge in [-0.3, -0.25) is 4.79 Å². The molecule has 0 spiro atoms. The van der Waals surface area contributed by atoms with Crippen LogP contribution in [0.25, 0.3) is 0 Å². The molecule has 1 aliphatic heterocycles. The maximum absolute atomic E-state index is 12.8.